The van der Waals surface area contributed by atoms with Crippen LogP contribution < -0.4 is 0 Å². The van der Waals surface area contributed by atoms with Crippen molar-refractivity contribution in [2.24, 2.45) is 0 Å². The largest absolute Gasteiger partial charge is 0.135 e. The molecule has 0 unspecified atom stereocenters. The Balaban J connectivity index is 1.19. The zero-order valence-corrected chi connectivity index (χ0v) is 25.5. The van der Waals surface area contributed by atoms with Crippen molar-refractivity contribution in [3.63, 3.8) is 0 Å². The van der Waals surface area contributed by atoms with Crippen LogP contribution in [0.3, 0.4) is 0 Å². The molecule has 0 fully saturated rings. The van der Waals surface area contributed by atoms with E-state index >= 15 is 0 Å². The molecule has 2 heteroatoms. The summed E-state index contributed by atoms with van der Waals surface area (Å²) in [7, 11) is 0. The normalized spacial score (nSPS) is 12.0. The van der Waals surface area contributed by atoms with E-state index in [9.17, 15) is 0 Å². The summed E-state index contributed by atoms with van der Waals surface area (Å²) in [6.45, 7) is 0. The van der Waals surface area contributed by atoms with Gasteiger partial charge in [-0.15, -0.1) is 11.3 Å². The van der Waals surface area contributed by atoms with Gasteiger partial charge in [-0.1, -0.05) is 133 Å². The van der Waals surface area contributed by atoms with E-state index in [1.807, 2.05) is 23.1 Å². The summed E-state index contributed by atoms with van der Waals surface area (Å²) < 4.78 is 0. The van der Waals surface area contributed by atoms with Crippen molar-refractivity contribution in [3.8, 4) is 54.3 Å². The molecular formula is C42H26S2. The van der Waals surface area contributed by atoms with Gasteiger partial charge >= 0.3 is 0 Å². The number of thiophene rings is 1. The fourth-order valence-corrected chi connectivity index (χ4v) is 8.77. The van der Waals surface area contributed by atoms with Crippen LogP contribution in [0.5, 0.6) is 0 Å². The lowest BCUT2D eigenvalue weighted by atomic mass is 9.91. The summed E-state index contributed by atoms with van der Waals surface area (Å²) in [6.07, 6.45) is 0. The van der Waals surface area contributed by atoms with Gasteiger partial charge in [-0.05, 0) is 91.5 Å². The van der Waals surface area contributed by atoms with E-state index in [1.165, 1.54) is 85.6 Å². The maximum Gasteiger partial charge on any atom is 0.0355 e. The molecule has 7 aromatic carbocycles. The van der Waals surface area contributed by atoms with Crippen molar-refractivity contribution in [1.82, 2.24) is 0 Å². The van der Waals surface area contributed by atoms with Gasteiger partial charge in [0, 0.05) is 30.5 Å². The van der Waals surface area contributed by atoms with E-state index in [-0.39, 0.29) is 0 Å². The molecule has 0 atom stereocenters. The molecule has 0 radical (unpaired) electrons. The van der Waals surface area contributed by atoms with Crippen LogP contribution in [0.15, 0.2) is 168 Å². The van der Waals surface area contributed by atoms with E-state index < -0.39 is 0 Å². The Labute approximate surface area is 265 Å². The van der Waals surface area contributed by atoms with Crippen LogP contribution in [-0.2, 0) is 0 Å². The van der Waals surface area contributed by atoms with Crippen LogP contribution in [0.1, 0.15) is 0 Å². The quantitative estimate of drug-likeness (QED) is 0.195. The summed E-state index contributed by atoms with van der Waals surface area (Å²) >= 11 is 3.76. The van der Waals surface area contributed by atoms with Gasteiger partial charge in [0.25, 0.3) is 0 Å². The van der Waals surface area contributed by atoms with Crippen molar-refractivity contribution in [1.29, 1.82) is 0 Å². The first-order valence-corrected chi connectivity index (χ1v) is 16.6. The SMILES string of the molecule is c1ccc(-c2ccc(-c3cccc4ccccc34)c(-c3ccc(-c4ccc5c(c4)-c4cccc6cccc(c46)S5)s3)c2)cc1. The molecule has 0 saturated carbocycles. The Morgan fingerprint density at radius 2 is 1.05 bits per heavy atom. The fraction of sp³-hybridized carbons (Fsp3) is 0. The number of hydrogen-bond donors (Lipinski definition) is 0. The molecule has 0 nitrogen and oxygen atoms in total. The first-order chi connectivity index (χ1) is 21.8. The molecule has 9 rings (SSSR count). The summed E-state index contributed by atoms with van der Waals surface area (Å²) in [5.74, 6) is 0. The number of fused-ring (bicyclic) bond motifs is 3. The molecular weight excluding hydrogens is 569 g/mol. The third-order valence-corrected chi connectivity index (χ3v) is 11.0. The minimum atomic E-state index is 1.23. The molecule has 44 heavy (non-hydrogen) atoms. The van der Waals surface area contributed by atoms with Crippen LogP contribution in [0.2, 0.25) is 0 Å². The molecule has 0 N–H and O–H groups in total. The number of benzene rings is 7. The first-order valence-electron chi connectivity index (χ1n) is 14.9. The van der Waals surface area contributed by atoms with Crippen molar-refractivity contribution in [3.05, 3.63) is 158 Å². The highest BCUT2D eigenvalue weighted by molar-refractivity contribution is 7.99. The molecule has 0 aliphatic carbocycles. The topological polar surface area (TPSA) is 0 Å². The first kappa shape index (κ1) is 25.6. The summed E-state index contributed by atoms with van der Waals surface area (Å²) in [5.41, 5.74) is 10.2. The Bertz CT molecular complexity index is 2350. The highest BCUT2D eigenvalue weighted by atomic mass is 32.2. The predicted octanol–water partition coefficient (Wildman–Crippen LogP) is 12.9. The van der Waals surface area contributed by atoms with Crippen LogP contribution >= 0.6 is 23.1 Å². The third-order valence-electron chi connectivity index (χ3n) is 8.72. The van der Waals surface area contributed by atoms with Crippen LogP contribution in [0.4, 0.5) is 0 Å². The van der Waals surface area contributed by atoms with Crippen LogP contribution in [0, 0.1) is 0 Å². The average molecular weight is 595 g/mol. The second-order valence-corrected chi connectivity index (χ2v) is 13.5. The van der Waals surface area contributed by atoms with E-state index in [2.05, 4.69) is 158 Å². The maximum atomic E-state index is 2.40. The number of rotatable bonds is 4. The van der Waals surface area contributed by atoms with E-state index in [1.54, 1.807) is 0 Å². The Morgan fingerprint density at radius 1 is 0.341 bits per heavy atom. The summed E-state index contributed by atoms with van der Waals surface area (Å²) in [4.78, 5) is 5.23. The monoisotopic (exact) mass is 594 g/mol. The lowest BCUT2D eigenvalue weighted by Crippen LogP contribution is -1.93. The molecule has 0 spiro atoms. The predicted molar refractivity (Wildman–Crippen MR) is 191 cm³/mol. The average Bonchev–Trinajstić information content (AvgIpc) is 3.59. The summed E-state index contributed by atoms with van der Waals surface area (Å²) in [6, 6.07) is 57.9. The third kappa shape index (κ3) is 4.22. The number of hydrogen-bond acceptors (Lipinski definition) is 2. The molecule has 0 saturated heterocycles. The molecule has 206 valence electrons. The van der Waals surface area contributed by atoms with E-state index in [4.69, 9.17) is 0 Å². The molecule has 1 aliphatic heterocycles. The van der Waals surface area contributed by atoms with Gasteiger partial charge in [0.05, 0.1) is 0 Å². The molecule has 1 aromatic heterocycles. The lowest BCUT2D eigenvalue weighted by Gasteiger charge is -2.20. The Kier molecular flexibility index (Phi) is 6.04. The van der Waals surface area contributed by atoms with Gasteiger partial charge in [-0.25, -0.2) is 0 Å². The van der Waals surface area contributed by atoms with Crippen LogP contribution in [-0.4, -0.2) is 0 Å². The maximum absolute atomic E-state index is 2.40. The van der Waals surface area contributed by atoms with Crippen molar-refractivity contribution >= 4 is 44.6 Å². The molecule has 8 aromatic rings. The lowest BCUT2D eigenvalue weighted by molar-refractivity contribution is 1.40. The van der Waals surface area contributed by atoms with Gasteiger partial charge in [0.1, 0.15) is 0 Å². The molecule has 2 heterocycles. The van der Waals surface area contributed by atoms with Crippen molar-refractivity contribution in [2.75, 3.05) is 0 Å². The molecule has 1 aliphatic rings. The standard InChI is InChI=1S/C42H26S2/c1-2-9-27(10-3-1)30-19-21-34(33-16-6-12-28-11-4-5-15-32(28)33)36(25-30)40-24-23-38(43-40)31-20-22-39-37(26-31)35-17-7-13-29-14-8-18-41(44-39)42(29)35/h1-26H. The zero-order chi connectivity index (χ0) is 29.0. The highest BCUT2D eigenvalue weighted by Gasteiger charge is 2.20. The van der Waals surface area contributed by atoms with Crippen LogP contribution in [0.25, 0.3) is 75.8 Å². The van der Waals surface area contributed by atoms with Gasteiger partial charge in [0.2, 0.25) is 0 Å². The van der Waals surface area contributed by atoms with Gasteiger partial charge in [0.15, 0.2) is 0 Å². The smallest absolute Gasteiger partial charge is 0.0355 e. The molecule has 0 amide bonds. The van der Waals surface area contributed by atoms with Gasteiger partial charge < -0.3 is 0 Å². The van der Waals surface area contributed by atoms with Gasteiger partial charge in [-0.2, -0.15) is 0 Å². The Hall–Kier alpha value is -4.89. The second kappa shape index (κ2) is 10.4. The second-order valence-electron chi connectivity index (χ2n) is 11.3. The van der Waals surface area contributed by atoms with E-state index in [0.717, 1.165) is 0 Å². The summed E-state index contributed by atoms with van der Waals surface area (Å²) in [5, 5.41) is 5.22. The Morgan fingerprint density at radius 3 is 1.95 bits per heavy atom. The van der Waals surface area contributed by atoms with Gasteiger partial charge in [-0.3, -0.25) is 0 Å². The zero-order valence-electron chi connectivity index (χ0n) is 23.8. The minimum absolute atomic E-state index is 1.23. The van der Waals surface area contributed by atoms with Crippen molar-refractivity contribution < 1.29 is 0 Å². The minimum Gasteiger partial charge on any atom is -0.135 e. The highest BCUT2D eigenvalue weighted by Crippen LogP contribution is 2.50. The fourth-order valence-electron chi connectivity index (χ4n) is 6.61. The van der Waals surface area contributed by atoms with E-state index in [0.29, 0.717) is 0 Å². The molecule has 0 bridgehead atoms. The van der Waals surface area contributed by atoms with Crippen molar-refractivity contribution in [2.45, 2.75) is 9.79 Å².